The SMILES string of the molecule is CC(C)n1cnc2cc(-c3cnc4c(c3)N([C@H]3C[C@@H](N5CCCCC5)C3)C(=O)C4(C)C)nc(Nc3ccnc(F)c3F)c21. The van der Waals surface area contributed by atoms with Crippen molar-refractivity contribution in [1.82, 2.24) is 29.4 Å². The van der Waals surface area contributed by atoms with Crippen LogP contribution in [-0.4, -0.2) is 60.5 Å². The lowest BCUT2D eigenvalue weighted by atomic mass is 9.83. The summed E-state index contributed by atoms with van der Waals surface area (Å²) in [6, 6.07) is 5.94. The van der Waals surface area contributed by atoms with Crippen LogP contribution in [0.3, 0.4) is 0 Å². The molecule has 4 aromatic heterocycles. The Balaban J connectivity index is 1.27. The Morgan fingerprint density at radius 2 is 1.79 bits per heavy atom. The summed E-state index contributed by atoms with van der Waals surface area (Å²) < 4.78 is 30.6. The Morgan fingerprint density at radius 3 is 2.53 bits per heavy atom. The Morgan fingerprint density at radius 1 is 1.02 bits per heavy atom. The number of pyridine rings is 3. The number of hydrogen-bond acceptors (Lipinski definition) is 7. The van der Waals surface area contributed by atoms with Gasteiger partial charge in [0.1, 0.15) is 5.52 Å². The number of anilines is 3. The number of carbonyl (C=O) groups excluding carboxylic acids is 1. The zero-order chi connectivity index (χ0) is 30.0. The van der Waals surface area contributed by atoms with Gasteiger partial charge in [-0.15, -0.1) is 0 Å². The predicted molar refractivity (Wildman–Crippen MR) is 161 cm³/mol. The summed E-state index contributed by atoms with van der Waals surface area (Å²) in [7, 11) is 0. The van der Waals surface area contributed by atoms with Crippen LogP contribution in [0.15, 0.2) is 36.9 Å². The Hall–Kier alpha value is -3.99. The molecule has 1 saturated heterocycles. The largest absolute Gasteiger partial charge is 0.336 e. The molecule has 0 spiro atoms. The molecule has 1 aliphatic carbocycles. The van der Waals surface area contributed by atoms with Crippen molar-refractivity contribution in [3.63, 3.8) is 0 Å². The third kappa shape index (κ3) is 4.56. The van der Waals surface area contributed by atoms with E-state index >= 15 is 0 Å². The molecular formula is C32H36F2N8O. The number of halogens is 2. The van der Waals surface area contributed by atoms with Crippen molar-refractivity contribution in [2.45, 2.75) is 83.3 Å². The first-order chi connectivity index (χ1) is 20.6. The molecule has 1 saturated carbocycles. The third-order valence-corrected chi connectivity index (χ3v) is 9.34. The number of rotatable bonds is 6. The molecule has 2 aliphatic heterocycles. The normalized spacial score (nSPS) is 21.8. The second kappa shape index (κ2) is 10.3. The first-order valence-corrected chi connectivity index (χ1v) is 15.2. The number of nitrogens with zero attached hydrogens (tertiary/aromatic N) is 7. The molecule has 0 radical (unpaired) electrons. The van der Waals surface area contributed by atoms with Gasteiger partial charge in [-0.05, 0) is 84.7 Å². The van der Waals surface area contributed by atoms with Gasteiger partial charge in [-0.25, -0.2) is 15.0 Å². The van der Waals surface area contributed by atoms with Crippen LogP contribution >= 0.6 is 0 Å². The number of amides is 1. The quantitative estimate of drug-likeness (QED) is 0.272. The second-order valence-electron chi connectivity index (χ2n) is 12.8. The molecule has 11 heteroatoms. The number of likely N-dealkylation sites (tertiary alicyclic amines) is 1. The minimum atomic E-state index is -1.19. The van der Waals surface area contributed by atoms with Crippen LogP contribution in [0.25, 0.3) is 22.3 Å². The summed E-state index contributed by atoms with van der Waals surface area (Å²) in [5.41, 5.74) is 3.37. The molecule has 0 aromatic carbocycles. The van der Waals surface area contributed by atoms with Gasteiger partial charge < -0.3 is 19.7 Å². The van der Waals surface area contributed by atoms with E-state index in [1.807, 2.05) is 49.3 Å². The van der Waals surface area contributed by atoms with Crippen molar-refractivity contribution in [2.75, 3.05) is 23.3 Å². The molecule has 0 unspecified atom stereocenters. The molecule has 0 atom stereocenters. The molecule has 2 fully saturated rings. The highest BCUT2D eigenvalue weighted by Gasteiger charge is 2.51. The van der Waals surface area contributed by atoms with E-state index < -0.39 is 17.2 Å². The maximum atomic E-state index is 14.7. The van der Waals surface area contributed by atoms with Crippen molar-refractivity contribution in [3.8, 4) is 11.3 Å². The van der Waals surface area contributed by atoms with Crippen molar-refractivity contribution in [1.29, 1.82) is 0 Å². The van der Waals surface area contributed by atoms with Crippen molar-refractivity contribution in [2.24, 2.45) is 0 Å². The summed E-state index contributed by atoms with van der Waals surface area (Å²) in [5, 5.41) is 2.98. The van der Waals surface area contributed by atoms with Crippen LogP contribution in [0, 0.1) is 11.8 Å². The summed E-state index contributed by atoms with van der Waals surface area (Å²) in [6.07, 6.45) is 10.4. The molecule has 7 rings (SSSR count). The molecule has 0 bridgehead atoms. The van der Waals surface area contributed by atoms with Crippen LogP contribution < -0.4 is 10.2 Å². The Bertz CT molecular complexity index is 1720. The van der Waals surface area contributed by atoms with Gasteiger partial charge in [0.2, 0.25) is 11.7 Å². The molecule has 6 heterocycles. The number of nitrogens with one attached hydrogen (secondary N) is 1. The standard InChI is InChI=1S/C32H36F2N8O/c1-18(2)41-17-37-24-15-23(39-30(27(24)41)38-22-8-9-35-29(34)26(22)33)19-12-25-28(36-16-19)32(3,4)31(43)42(25)21-13-20(14-21)40-10-6-5-7-11-40/h8-9,12,15-18,20-21H,5-7,10-11,13-14H2,1-4H3,(H,35,38,39)/t20-,21+. The average molecular weight is 587 g/mol. The van der Waals surface area contributed by atoms with Gasteiger partial charge in [-0.2, -0.15) is 8.78 Å². The van der Waals surface area contributed by atoms with Crippen molar-refractivity contribution < 1.29 is 13.6 Å². The van der Waals surface area contributed by atoms with Gasteiger partial charge in [0.25, 0.3) is 5.95 Å². The van der Waals surface area contributed by atoms with Crippen molar-refractivity contribution in [3.05, 3.63) is 54.4 Å². The lowest BCUT2D eigenvalue weighted by molar-refractivity contribution is -0.123. The van der Waals surface area contributed by atoms with Crippen LogP contribution in [-0.2, 0) is 10.2 Å². The topological polar surface area (TPSA) is 92.1 Å². The van der Waals surface area contributed by atoms with E-state index in [9.17, 15) is 13.6 Å². The van der Waals surface area contributed by atoms with Gasteiger partial charge >= 0.3 is 0 Å². The Labute approximate surface area is 249 Å². The third-order valence-electron chi connectivity index (χ3n) is 9.34. The van der Waals surface area contributed by atoms with Crippen LogP contribution in [0.2, 0.25) is 0 Å². The summed E-state index contributed by atoms with van der Waals surface area (Å²) >= 11 is 0. The van der Waals surface area contributed by atoms with Gasteiger partial charge in [0, 0.05) is 36.1 Å². The van der Waals surface area contributed by atoms with E-state index in [1.165, 1.54) is 31.5 Å². The van der Waals surface area contributed by atoms with Gasteiger partial charge in [-0.3, -0.25) is 9.78 Å². The van der Waals surface area contributed by atoms with E-state index in [0.717, 1.165) is 37.3 Å². The summed E-state index contributed by atoms with van der Waals surface area (Å²) in [5.74, 6) is -1.87. The molecule has 1 N–H and O–H groups in total. The lowest BCUT2D eigenvalue weighted by Gasteiger charge is -2.47. The minimum Gasteiger partial charge on any atom is -0.336 e. The van der Waals surface area contributed by atoms with E-state index in [1.54, 1.807) is 12.5 Å². The number of piperidine rings is 1. The molecule has 4 aromatic rings. The molecule has 43 heavy (non-hydrogen) atoms. The van der Waals surface area contributed by atoms with E-state index in [2.05, 4.69) is 20.2 Å². The fourth-order valence-electron chi connectivity index (χ4n) is 6.81. The Kier molecular flexibility index (Phi) is 6.68. The van der Waals surface area contributed by atoms with Crippen LogP contribution in [0.5, 0.6) is 0 Å². The molecule has 9 nitrogen and oxygen atoms in total. The number of fused-ring (bicyclic) bond motifs is 2. The van der Waals surface area contributed by atoms with Crippen LogP contribution in [0.4, 0.5) is 26.0 Å². The lowest BCUT2D eigenvalue weighted by Crippen LogP contribution is -2.57. The molecular weight excluding hydrogens is 550 g/mol. The zero-order valence-corrected chi connectivity index (χ0v) is 24.9. The number of hydrogen-bond donors (Lipinski definition) is 1. The first kappa shape index (κ1) is 27.8. The summed E-state index contributed by atoms with van der Waals surface area (Å²) in [4.78, 5) is 36.0. The fraction of sp³-hybridized carbons (Fsp3) is 0.469. The van der Waals surface area contributed by atoms with Gasteiger partial charge in [0.15, 0.2) is 5.82 Å². The highest BCUT2D eigenvalue weighted by Crippen LogP contribution is 2.47. The highest BCUT2D eigenvalue weighted by molar-refractivity contribution is 6.08. The maximum absolute atomic E-state index is 14.7. The van der Waals surface area contributed by atoms with E-state index in [0.29, 0.717) is 34.2 Å². The summed E-state index contributed by atoms with van der Waals surface area (Å²) in [6.45, 7) is 10.2. The van der Waals surface area contributed by atoms with E-state index in [-0.39, 0.29) is 23.7 Å². The van der Waals surface area contributed by atoms with Gasteiger partial charge in [0.05, 0.1) is 40.0 Å². The van der Waals surface area contributed by atoms with E-state index in [4.69, 9.17) is 9.97 Å². The van der Waals surface area contributed by atoms with Crippen LogP contribution in [0.1, 0.15) is 71.5 Å². The zero-order valence-electron chi connectivity index (χ0n) is 24.9. The maximum Gasteiger partial charge on any atom is 0.251 e. The fourth-order valence-corrected chi connectivity index (χ4v) is 6.81. The first-order valence-electron chi connectivity index (χ1n) is 15.2. The molecule has 224 valence electrons. The number of imidazole rings is 1. The van der Waals surface area contributed by atoms with Gasteiger partial charge in [-0.1, -0.05) is 6.42 Å². The highest BCUT2D eigenvalue weighted by atomic mass is 19.2. The number of aromatic nitrogens is 5. The molecule has 3 aliphatic rings. The second-order valence-corrected chi connectivity index (χ2v) is 12.8. The smallest absolute Gasteiger partial charge is 0.251 e. The monoisotopic (exact) mass is 586 g/mol. The molecule has 1 amide bonds. The number of carbonyl (C=O) groups is 1. The average Bonchev–Trinajstić information content (AvgIpc) is 3.49. The minimum absolute atomic E-state index is 0.0527. The van der Waals surface area contributed by atoms with Crippen molar-refractivity contribution >= 4 is 34.1 Å². The predicted octanol–water partition coefficient (Wildman–Crippen LogP) is 6.13.